The molecule has 0 saturated carbocycles. The molecule has 98 valence electrons. The molecule has 3 heteroatoms. The van der Waals surface area contributed by atoms with E-state index in [-0.39, 0.29) is 0 Å². The fourth-order valence-corrected chi connectivity index (χ4v) is 2.15. The van der Waals surface area contributed by atoms with Crippen LogP contribution in [0.1, 0.15) is 65.2 Å². The predicted octanol–water partition coefficient (Wildman–Crippen LogP) is 3.35. The maximum atomic E-state index is 4.44. The van der Waals surface area contributed by atoms with Gasteiger partial charge in [-0.05, 0) is 20.3 Å². The third-order valence-electron chi connectivity index (χ3n) is 3.17. The lowest BCUT2D eigenvalue weighted by molar-refractivity contribution is 0.423. The Morgan fingerprint density at radius 2 is 2.00 bits per heavy atom. The number of nitrogens with one attached hydrogen (secondary N) is 1. The van der Waals surface area contributed by atoms with Crippen LogP contribution in [0.25, 0.3) is 0 Å². The van der Waals surface area contributed by atoms with Gasteiger partial charge in [-0.25, -0.2) is 4.98 Å². The summed E-state index contributed by atoms with van der Waals surface area (Å²) in [6.07, 6.45) is 6.48. The fraction of sp³-hybridized carbons (Fsp3) is 0.786. The first-order chi connectivity index (χ1) is 8.06. The lowest BCUT2D eigenvalue weighted by atomic mass is 10.1. The number of hydrogen-bond donors (Lipinski definition) is 1. The Morgan fingerprint density at radius 1 is 1.29 bits per heavy atom. The molecular formula is C14H27N3. The summed E-state index contributed by atoms with van der Waals surface area (Å²) in [6, 6.07) is 1.07. The topological polar surface area (TPSA) is 29.9 Å². The highest BCUT2D eigenvalue weighted by Gasteiger charge is 2.13. The molecular weight excluding hydrogens is 210 g/mol. The van der Waals surface area contributed by atoms with Gasteiger partial charge in [0.25, 0.3) is 0 Å². The molecule has 1 aromatic rings. The van der Waals surface area contributed by atoms with Gasteiger partial charge in [0.1, 0.15) is 5.82 Å². The Balaban J connectivity index is 2.52. The van der Waals surface area contributed by atoms with E-state index >= 15 is 0 Å². The van der Waals surface area contributed by atoms with Crippen LogP contribution in [0.3, 0.4) is 0 Å². The molecule has 0 saturated heterocycles. The fourth-order valence-electron chi connectivity index (χ4n) is 2.15. The van der Waals surface area contributed by atoms with Crippen molar-refractivity contribution in [1.29, 1.82) is 0 Å². The summed E-state index contributed by atoms with van der Waals surface area (Å²) in [5.74, 6) is 1.67. The monoisotopic (exact) mass is 237 g/mol. The van der Waals surface area contributed by atoms with Gasteiger partial charge in [0, 0.05) is 36.9 Å². The van der Waals surface area contributed by atoms with Crippen molar-refractivity contribution in [3.8, 4) is 0 Å². The van der Waals surface area contributed by atoms with E-state index in [1.165, 1.54) is 18.7 Å². The molecule has 0 radical (unpaired) electrons. The molecule has 0 aliphatic heterocycles. The summed E-state index contributed by atoms with van der Waals surface area (Å²) >= 11 is 0. The average Bonchev–Trinajstić information content (AvgIpc) is 2.75. The molecule has 1 heterocycles. The first-order valence-electron chi connectivity index (χ1n) is 6.82. The van der Waals surface area contributed by atoms with E-state index in [2.05, 4.69) is 55.7 Å². The molecule has 1 rings (SSSR count). The van der Waals surface area contributed by atoms with Crippen LogP contribution in [0, 0.1) is 0 Å². The zero-order chi connectivity index (χ0) is 12.8. The highest BCUT2D eigenvalue weighted by atomic mass is 15.1. The molecule has 0 aliphatic carbocycles. The SMILES string of the molecule is CCCC(C)NCC(C)n1ccnc1C(C)C. The molecule has 0 aromatic carbocycles. The third-order valence-corrected chi connectivity index (χ3v) is 3.17. The van der Waals surface area contributed by atoms with Crippen LogP contribution >= 0.6 is 0 Å². The molecule has 0 amide bonds. The zero-order valence-corrected chi connectivity index (χ0v) is 11.9. The Labute approximate surface area is 106 Å². The van der Waals surface area contributed by atoms with E-state index in [0.717, 1.165) is 6.54 Å². The highest BCUT2D eigenvalue weighted by molar-refractivity contribution is 4.99. The van der Waals surface area contributed by atoms with Crippen LogP contribution in [0.15, 0.2) is 12.4 Å². The van der Waals surface area contributed by atoms with Crippen molar-refractivity contribution < 1.29 is 0 Å². The molecule has 3 nitrogen and oxygen atoms in total. The molecule has 2 atom stereocenters. The lowest BCUT2D eigenvalue weighted by Gasteiger charge is -2.21. The average molecular weight is 237 g/mol. The first-order valence-corrected chi connectivity index (χ1v) is 6.82. The Morgan fingerprint density at radius 3 is 2.59 bits per heavy atom. The molecule has 1 aromatic heterocycles. The minimum atomic E-state index is 0.467. The van der Waals surface area contributed by atoms with Gasteiger partial charge in [0.15, 0.2) is 0 Å². The molecule has 0 spiro atoms. The smallest absolute Gasteiger partial charge is 0.111 e. The lowest BCUT2D eigenvalue weighted by Crippen LogP contribution is -2.31. The van der Waals surface area contributed by atoms with Crippen molar-refractivity contribution in [2.75, 3.05) is 6.54 Å². The van der Waals surface area contributed by atoms with E-state index in [4.69, 9.17) is 0 Å². The van der Waals surface area contributed by atoms with Crippen LogP contribution in [0.5, 0.6) is 0 Å². The molecule has 17 heavy (non-hydrogen) atoms. The highest BCUT2D eigenvalue weighted by Crippen LogP contribution is 2.16. The minimum absolute atomic E-state index is 0.467. The molecule has 1 N–H and O–H groups in total. The summed E-state index contributed by atoms with van der Waals surface area (Å²) in [6.45, 7) is 12.1. The maximum Gasteiger partial charge on any atom is 0.111 e. The number of imidazole rings is 1. The van der Waals surface area contributed by atoms with Gasteiger partial charge in [-0.3, -0.25) is 0 Å². The van der Waals surface area contributed by atoms with Crippen LogP contribution in [-0.2, 0) is 0 Å². The van der Waals surface area contributed by atoms with Gasteiger partial charge in [0.05, 0.1) is 0 Å². The summed E-state index contributed by atoms with van der Waals surface area (Å²) in [7, 11) is 0. The van der Waals surface area contributed by atoms with Crippen LogP contribution in [0.2, 0.25) is 0 Å². The third kappa shape index (κ3) is 4.15. The zero-order valence-electron chi connectivity index (χ0n) is 11.9. The summed E-state index contributed by atoms with van der Waals surface area (Å²) in [4.78, 5) is 4.44. The van der Waals surface area contributed by atoms with E-state index in [1.807, 2.05) is 6.20 Å². The summed E-state index contributed by atoms with van der Waals surface area (Å²) < 4.78 is 2.29. The minimum Gasteiger partial charge on any atom is -0.331 e. The largest absolute Gasteiger partial charge is 0.331 e. The van der Waals surface area contributed by atoms with E-state index < -0.39 is 0 Å². The van der Waals surface area contributed by atoms with Gasteiger partial charge in [-0.2, -0.15) is 0 Å². The van der Waals surface area contributed by atoms with Crippen molar-refractivity contribution in [1.82, 2.24) is 14.9 Å². The van der Waals surface area contributed by atoms with E-state index in [0.29, 0.717) is 18.0 Å². The normalized spacial score (nSPS) is 15.2. The number of hydrogen-bond acceptors (Lipinski definition) is 2. The first kappa shape index (κ1) is 14.2. The van der Waals surface area contributed by atoms with Crippen LogP contribution in [0.4, 0.5) is 0 Å². The van der Waals surface area contributed by atoms with Crippen molar-refractivity contribution >= 4 is 0 Å². The predicted molar refractivity (Wildman–Crippen MR) is 73.4 cm³/mol. The Bertz CT molecular complexity index is 317. The Hall–Kier alpha value is -0.830. The van der Waals surface area contributed by atoms with Gasteiger partial charge < -0.3 is 9.88 Å². The van der Waals surface area contributed by atoms with Crippen LogP contribution in [-0.4, -0.2) is 22.1 Å². The molecule has 0 fully saturated rings. The van der Waals surface area contributed by atoms with Gasteiger partial charge in [0.2, 0.25) is 0 Å². The Kier molecular flexibility index (Phi) is 5.69. The standard InChI is InChI=1S/C14H27N3/c1-6-7-12(4)16-10-13(5)17-9-8-15-14(17)11(2)3/h8-9,11-13,16H,6-7,10H2,1-5H3. The van der Waals surface area contributed by atoms with Crippen molar-refractivity contribution in [3.05, 3.63) is 18.2 Å². The summed E-state index contributed by atoms with van der Waals surface area (Å²) in [5, 5.41) is 3.59. The van der Waals surface area contributed by atoms with Crippen molar-refractivity contribution in [2.45, 2.75) is 65.5 Å². The number of nitrogens with zero attached hydrogens (tertiary/aromatic N) is 2. The van der Waals surface area contributed by atoms with Gasteiger partial charge >= 0.3 is 0 Å². The second-order valence-corrected chi connectivity index (χ2v) is 5.29. The van der Waals surface area contributed by atoms with Gasteiger partial charge in [-0.15, -0.1) is 0 Å². The molecule has 0 bridgehead atoms. The molecule has 0 aliphatic rings. The van der Waals surface area contributed by atoms with Crippen molar-refractivity contribution in [2.24, 2.45) is 0 Å². The maximum absolute atomic E-state index is 4.44. The van der Waals surface area contributed by atoms with Gasteiger partial charge in [-0.1, -0.05) is 27.2 Å². The molecule has 2 unspecified atom stereocenters. The summed E-state index contributed by atoms with van der Waals surface area (Å²) in [5.41, 5.74) is 0. The number of rotatable bonds is 7. The van der Waals surface area contributed by atoms with Crippen molar-refractivity contribution in [3.63, 3.8) is 0 Å². The van der Waals surface area contributed by atoms with E-state index in [1.54, 1.807) is 0 Å². The quantitative estimate of drug-likeness (QED) is 0.788. The van der Waals surface area contributed by atoms with Crippen LogP contribution < -0.4 is 5.32 Å². The second kappa shape index (κ2) is 6.80. The number of aromatic nitrogens is 2. The second-order valence-electron chi connectivity index (χ2n) is 5.29. The van der Waals surface area contributed by atoms with E-state index in [9.17, 15) is 0 Å².